The molecule has 0 aliphatic carbocycles. The smallest absolute Gasteiger partial charge is 0.382 e. The van der Waals surface area contributed by atoms with Gasteiger partial charge in [-0.25, -0.2) is 0 Å². The van der Waals surface area contributed by atoms with E-state index in [0.717, 1.165) is 0 Å². The van der Waals surface area contributed by atoms with Crippen LogP contribution < -0.4 is 5.73 Å². The fourth-order valence-corrected chi connectivity index (χ4v) is 2.22. The van der Waals surface area contributed by atoms with Crippen LogP contribution in [0.3, 0.4) is 0 Å². The number of alkyl halides is 3. The summed E-state index contributed by atoms with van der Waals surface area (Å²) in [5.74, 6) is 0.148. The fraction of sp³-hybridized carbons (Fsp3) is 0.154. The van der Waals surface area contributed by atoms with Crippen LogP contribution in [-0.2, 0) is 13.2 Å². The van der Waals surface area contributed by atoms with Crippen molar-refractivity contribution in [1.29, 1.82) is 0 Å². The zero-order valence-corrected chi connectivity index (χ0v) is 10.9. The summed E-state index contributed by atoms with van der Waals surface area (Å²) in [5.41, 5.74) is 4.98. The van der Waals surface area contributed by atoms with Crippen molar-refractivity contribution in [1.82, 2.24) is 20.0 Å². The molecule has 0 spiro atoms. The number of nitrogen functional groups attached to an aromatic ring is 1. The van der Waals surface area contributed by atoms with Crippen LogP contribution >= 0.6 is 0 Å². The Balaban J connectivity index is 2.34. The quantitative estimate of drug-likeness (QED) is 0.748. The summed E-state index contributed by atoms with van der Waals surface area (Å²) in [5, 5.41) is 11.4. The Morgan fingerprint density at radius 1 is 1.10 bits per heavy atom. The van der Waals surface area contributed by atoms with Crippen LogP contribution in [0.15, 0.2) is 30.5 Å². The Hall–Kier alpha value is -2.64. The third-order valence-electron chi connectivity index (χ3n) is 3.05. The van der Waals surface area contributed by atoms with Crippen LogP contribution in [-0.4, -0.2) is 20.0 Å². The van der Waals surface area contributed by atoms with Crippen molar-refractivity contribution in [2.75, 3.05) is 5.73 Å². The van der Waals surface area contributed by atoms with Crippen molar-refractivity contribution in [3.05, 3.63) is 36.0 Å². The number of hydrogen-bond donors (Lipinski definition) is 1. The van der Waals surface area contributed by atoms with E-state index in [9.17, 15) is 13.2 Å². The number of nitrogens with two attached hydrogens (primary N) is 1. The van der Waals surface area contributed by atoms with Gasteiger partial charge in [0.15, 0.2) is 0 Å². The zero-order valence-electron chi connectivity index (χ0n) is 10.9. The van der Waals surface area contributed by atoms with E-state index >= 15 is 0 Å². The van der Waals surface area contributed by atoms with Crippen LogP contribution in [0.1, 0.15) is 5.56 Å². The summed E-state index contributed by atoms with van der Waals surface area (Å²) < 4.78 is 41.7. The molecule has 5 nitrogen and oxygen atoms in total. The number of nitrogens with zero attached hydrogens (tertiary/aromatic N) is 4. The molecule has 1 aromatic carbocycles. The van der Waals surface area contributed by atoms with Crippen LogP contribution in [0.4, 0.5) is 19.0 Å². The van der Waals surface area contributed by atoms with E-state index in [2.05, 4.69) is 15.3 Å². The fourth-order valence-electron chi connectivity index (χ4n) is 2.22. The molecular weight excluding hydrogens is 283 g/mol. The maximum atomic E-state index is 13.4. The molecular formula is C13H10F3N5. The zero-order chi connectivity index (χ0) is 15.2. The van der Waals surface area contributed by atoms with Gasteiger partial charge in [-0.1, -0.05) is 0 Å². The maximum absolute atomic E-state index is 13.4. The molecule has 0 aliphatic heterocycles. The molecule has 0 saturated carbocycles. The molecule has 108 valence electrons. The Labute approximate surface area is 117 Å². The normalized spacial score (nSPS) is 12.0. The second kappa shape index (κ2) is 4.44. The Morgan fingerprint density at radius 2 is 1.86 bits per heavy atom. The first kappa shape index (κ1) is 13.3. The Kier molecular flexibility index (Phi) is 2.82. The lowest BCUT2D eigenvalue weighted by Gasteiger charge is -2.13. The van der Waals surface area contributed by atoms with Gasteiger partial charge in [-0.05, 0) is 24.3 Å². The van der Waals surface area contributed by atoms with Gasteiger partial charge in [0, 0.05) is 24.2 Å². The number of hydrogen-bond acceptors (Lipinski definition) is 4. The average molecular weight is 293 g/mol. The first-order chi connectivity index (χ1) is 9.86. The summed E-state index contributed by atoms with van der Waals surface area (Å²) in [7, 11) is 1.57. The lowest BCUT2D eigenvalue weighted by Crippen LogP contribution is -2.08. The van der Waals surface area contributed by atoms with E-state index in [1.165, 1.54) is 35.1 Å². The Bertz CT molecular complexity index is 805. The highest BCUT2D eigenvalue weighted by atomic mass is 19.4. The minimum absolute atomic E-state index is 0.0288. The molecule has 0 radical (unpaired) electrons. The number of fused-ring (bicyclic) bond motifs is 1. The van der Waals surface area contributed by atoms with E-state index in [1.54, 1.807) is 7.05 Å². The monoisotopic (exact) mass is 293 g/mol. The van der Waals surface area contributed by atoms with Crippen molar-refractivity contribution in [2.45, 2.75) is 6.18 Å². The van der Waals surface area contributed by atoms with E-state index in [0.29, 0.717) is 0 Å². The lowest BCUT2D eigenvalue weighted by atomic mass is 10.00. The standard InChI is InChI=1S/C13H10F3N5/c1-21-6-8-10(20-21)3-2-7(12(8)13(14,15)16)9-4-5-11(17)19-18-9/h2-6H,1H3,(H2,17,19). The van der Waals surface area contributed by atoms with Gasteiger partial charge in [0.05, 0.1) is 16.8 Å². The SMILES string of the molecule is Cn1cc2c(C(F)(F)F)c(-c3ccc(N)nn3)ccc2n1. The first-order valence-electron chi connectivity index (χ1n) is 5.99. The van der Waals surface area contributed by atoms with Crippen molar-refractivity contribution >= 4 is 16.7 Å². The van der Waals surface area contributed by atoms with Crippen molar-refractivity contribution in [3.63, 3.8) is 0 Å². The summed E-state index contributed by atoms with van der Waals surface area (Å²) in [6.45, 7) is 0. The molecule has 0 saturated heterocycles. The minimum atomic E-state index is -4.53. The molecule has 0 aliphatic rings. The van der Waals surface area contributed by atoms with Crippen molar-refractivity contribution in [3.8, 4) is 11.3 Å². The average Bonchev–Trinajstić information content (AvgIpc) is 2.77. The highest BCUT2D eigenvalue weighted by Gasteiger charge is 2.36. The lowest BCUT2D eigenvalue weighted by molar-refractivity contribution is -0.135. The van der Waals surface area contributed by atoms with E-state index in [4.69, 9.17) is 5.73 Å². The molecule has 0 amide bonds. The second-order valence-electron chi connectivity index (χ2n) is 4.56. The van der Waals surface area contributed by atoms with Crippen LogP contribution in [0, 0.1) is 0 Å². The molecule has 21 heavy (non-hydrogen) atoms. The molecule has 3 aromatic rings. The first-order valence-corrected chi connectivity index (χ1v) is 5.99. The number of halogens is 3. The minimum Gasteiger partial charge on any atom is -0.382 e. The molecule has 8 heteroatoms. The number of benzene rings is 1. The van der Waals surface area contributed by atoms with E-state index in [1.807, 2.05) is 0 Å². The van der Waals surface area contributed by atoms with Crippen LogP contribution in [0.25, 0.3) is 22.2 Å². The largest absolute Gasteiger partial charge is 0.417 e. The number of aromatic nitrogens is 4. The summed E-state index contributed by atoms with van der Waals surface area (Å²) in [6, 6.07) is 5.70. The molecule has 0 unspecified atom stereocenters. The number of rotatable bonds is 1. The number of anilines is 1. The maximum Gasteiger partial charge on any atom is 0.417 e. The van der Waals surface area contributed by atoms with Crippen molar-refractivity contribution in [2.24, 2.45) is 7.05 Å². The van der Waals surface area contributed by atoms with Gasteiger partial charge in [-0.15, -0.1) is 10.2 Å². The summed E-state index contributed by atoms with van der Waals surface area (Å²) >= 11 is 0. The molecule has 3 rings (SSSR count). The van der Waals surface area contributed by atoms with Gasteiger partial charge in [0.1, 0.15) is 5.82 Å². The molecule has 0 bridgehead atoms. The van der Waals surface area contributed by atoms with Gasteiger partial charge in [-0.2, -0.15) is 18.3 Å². The molecule has 2 aromatic heterocycles. The molecule has 0 atom stereocenters. The summed E-state index contributed by atoms with van der Waals surface area (Å²) in [6.07, 6.45) is -3.19. The van der Waals surface area contributed by atoms with E-state index in [-0.39, 0.29) is 28.0 Å². The highest BCUT2D eigenvalue weighted by Crippen LogP contribution is 2.40. The van der Waals surface area contributed by atoms with Gasteiger partial charge in [0.2, 0.25) is 0 Å². The van der Waals surface area contributed by atoms with Gasteiger partial charge < -0.3 is 5.73 Å². The van der Waals surface area contributed by atoms with Gasteiger partial charge in [0.25, 0.3) is 0 Å². The van der Waals surface area contributed by atoms with E-state index < -0.39 is 11.7 Å². The summed E-state index contributed by atoms with van der Waals surface area (Å²) in [4.78, 5) is 0. The van der Waals surface area contributed by atoms with Crippen molar-refractivity contribution < 1.29 is 13.2 Å². The second-order valence-corrected chi connectivity index (χ2v) is 4.56. The highest BCUT2D eigenvalue weighted by molar-refractivity contribution is 5.89. The molecule has 2 heterocycles. The predicted octanol–water partition coefficient (Wildman–Crippen LogP) is 2.63. The van der Waals surface area contributed by atoms with Crippen LogP contribution in [0.2, 0.25) is 0 Å². The third kappa shape index (κ3) is 2.28. The molecule has 0 fully saturated rings. The Morgan fingerprint density at radius 3 is 2.48 bits per heavy atom. The topological polar surface area (TPSA) is 69.6 Å². The third-order valence-corrected chi connectivity index (χ3v) is 3.05. The van der Waals surface area contributed by atoms with Gasteiger partial charge >= 0.3 is 6.18 Å². The molecule has 2 N–H and O–H groups in total. The van der Waals surface area contributed by atoms with Crippen LogP contribution in [0.5, 0.6) is 0 Å². The van der Waals surface area contributed by atoms with Gasteiger partial charge in [-0.3, -0.25) is 4.68 Å². The predicted molar refractivity (Wildman–Crippen MR) is 71.2 cm³/mol. The number of aryl methyl sites for hydroxylation is 1.